The van der Waals surface area contributed by atoms with E-state index in [0.29, 0.717) is 16.1 Å². The number of rotatable bonds is 7. The predicted molar refractivity (Wildman–Crippen MR) is 96.6 cm³/mol. The van der Waals surface area contributed by atoms with E-state index in [9.17, 15) is 14.4 Å². The zero-order chi connectivity index (χ0) is 18.4. The molecule has 8 heteroatoms. The number of thioether (sulfide) groups is 1. The third kappa shape index (κ3) is 4.82. The minimum atomic E-state index is -0.551. The van der Waals surface area contributed by atoms with E-state index in [2.05, 4.69) is 15.0 Å². The van der Waals surface area contributed by atoms with Gasteiger partial charge in [-0.25, -0.2) is 4.98 Å². The molecule has 0 fully saturated rings. The van der Waals surface area contributed by atoms with Crippen molar-refractivity contribution in [2.24, 2.45) is 0 Å². The summed E-state index contributed by atoms with van der Waals surface area (Å²) in [5, 5.41) is 3.59. The van der Waals surface area contributed by atoms with Gasteiger partial charge in [-0.2, -0.15) is 0 Å². The summed E-state index contributed by atoms with van der Waals surface area (Å²) in [6, 6.07) is 6.98. The van der Waals surface area contributed by atoms with E-state index in [1.54, 1.807) is 24.3 Å². The van der Waals surface area contributed by atoms with Crippen LogP contribution >= 0.6 is 11.8 Å². The van der Waals surface area contributed by atoms with Crippen LogP contribution in [0.2, 0.25) is 0 Å². The number of methoxy groups -OCH3 is 1. The van der Waals surface area contributed by atoms with Crippen LogP contribution in [0.1, 0.15) is 20.3 Å². The number of carbonyl (C=O) groups excluding carboxylic acids is 2. The second-order valence-corrected chi connectivity index (χ2v) is 6.49. The van der Waals surface area contributed by atoms with Crippen LogP contribution in [0.15, 0.2) is 34.2 Å². The molecule has 0 saturated carbocycles. The molecule has 0 radical (unpaired) electrons. The van der Waals surface area contributed by atoms with Gasteiger partial charge in [0.2, 0.25) is 5.91 Å². The fourth-order valence-corrected chi connectivity index (χ4v) is 2.95. The molecule has 1 heterocycles. The number of benzene rings is 1. The lowest BCUT2D eigenvalue weighted by Crippen LogP contribution is -2.33. The highest BCUT2D eigenvalue weighted by molar-refractivity contribution is 7.99. The number of carbonyl (C=O) groups is 2. The average Bonchev–Trinajstić information content (AvgIpc) is 2.62. The Morgan fingerprint density at radius 3 is 2.76 bits per heavy atom. The summed E-state index contributed by atoms with van der Waals surface area (Å²) < 4.78 is 5.90. The normalized spacial score (nSPS) is 12.0. The molecule has 1 aromatic heterocycles. The maximum Gasteiger partial charge on any atom is 0.325 e. The second-order valence-electron chi connectivity index (χ2n) is 5.54. The lowest BCUT2D eigenvalue weighted by Gasteiger charge is -2.13. The van der Waals surface area contributed by atoms with E-state index in [4.69, 9.17) is 0 Å². The minimum absolute atomic E-state index is 0.0786. The molecule has 7 nitrogen and oxygen atoms in total. The van der Waals surface area contributed by atoms with Gasteiger partial charge in [0.25, 0.3) is 5.56 Å². The van der Waals surface area contributed by atoms with Crippen LogP contribution in [0, 0.1) is 0 Å². The van der Waals surface area contributed by atoms with E-state index < -0.39 is 5.97 Å². The fraction of sp³-hybridized carbons (Fsp3) is 0.412. The second kappa shape index (κ2) is 8.66. The summed E-state index contributed by atoms with van der Waals surface area (Å²) in [7, 11) is 1.26. The number of fused-ring (bicyclic) bond motifs is 1. The van der Waals surface area contributed by atoms with Crippen molar-refractivity contribution in [3.63, 3.8) is 0 Å². The first-order valence-electron chi connectivity index (χ1n) is 7.94. The number of hydrogen-bond acceptors (Lipinski definition) is 6. The SMILES string of the molecule is CC[C@H](C)NC(=O)CSc1nc2ccccc2c(=O)n1CC(=O)OC. The summed E-state index contributed by atoms with van der Waals surface area (Å²) in [4.78, 5) is 40.7. The number of esters is 1. The van der Waals surface area contributed by atoms with Crippen molar-refractivity contribution in [2.45, 2.75) is 38.0 Å². The van der Waals surface area contributed by atoms with Gasteiger partial charge in [-0.1, -0.05) is 30.8 Å². The van der Waals surface area contributed by atoms with E-state index in [1.807, 2.05) is 13.8 Å². The zero-order valence-electron chi connectivity index (χ0n) is 14.4. The van der Waals surface area contributed by atoms with E-state index >= 15 is 0 Å². The first kappa shape index (κ1) is 19.0. The van der Waals surface area contributed by atoms with Crippen LogP contribution in [-0.2, 0) is 20.9 Å². The van der Waals surface area contributed by atoms with Crippen molar-refractivity contribution in [1.82, 2.24) is 14.9 Å². The Morgan fingerprint density at radius 2 is 2.08 bits per heavy atom. The third-order valence-electron chi connectivity index (χ3n) is 3.69. The highest BCUT2D eigenvalue weighted by Crippen LogP contribution is 2.17. The van der Waals surface area contributed by atoms with Crippen LogP contribution in [-0.4, -0.2) is 40.3 Å². The minimum Gasteiger partial charge on any atom is -0.468 e. The first-order chi connectivity index (χ1) is 12.0. The molecular formula is C17H21N3O4S. The molecule has 134 valence electrons. The summed E-state index contributed by atoms with van der Waals surface area (Å²) in [5.41, 5.74) is 0.194. The van der Waals surface area contributed by atoms with Gasteiger partial charge >= 0.3 is 5.97 Å². The molecule has 1 atom stereocenters. The van der Waals surface area contributed by atoms with Crippen molar-refractivity contribution >= 4 is 34.5 Å². The molecule has 0 aliphatic carbocycles. The summed E-state index contributed by atoms with van der Waals surface area (Å²) in [6.07, 6.45) is 0.831. The molecule has 1 N–H and O–H groups in total. The standard InChI is InChI=1S/C17H21N3O4S/c1-4-11(2)18-14(21)10-25-17-19-13-8-6-5-7-12(13)16(23)20(17)9-15(22)24-3/h5-8,11H,4,9-10H2,1-3H3,(H,18,21)/t11-/m0/s1. The van der Waals surface area contributed by atoms with Crippen molar-refractivity contribution in [3.05, 3.63) is 34.6 Å². The molecule has 25 heavy (non-hydrogen) atoms. The number of nitrogens with zero attached hydrogens (tertiary/aromatic N) is 2. The lowest BCUT2D eigenvalue weighted by molar-refractivity contribution is -0.141. The lowest BCUT2D eigenvalue weighted by atomic mass is 10.2. The quantitative estimate of drug-likeness (QED) is 0.456. The number of aromatic nitrogens is 2. The van der Waals surface area contributed by atoms with Crippen molar-refractivity contribution in [2.75, 3.05) is 12.9 Å². The van der Waals surface area contributed by atoms with Crippen LogP contribution in [0.3, 0.4) is 0 Å². The fourth-order valence-electron chi connectivity index (χ4n) is 2.14. The monoisotopic (exact) mass is 363 g/mol. The van der Waals surface area contributed by atoms with Gasteiger partial charge in [-0.3, -0.25) is 19.0 Å². The van der Waals surface area contributed by atoms with Crippen molar-refractivity contribution in [3.8, 4) is 0 Å². The molecule has 2 aromatic rings. The Labute approximate surface area is 149 Å². The number of ether oxygens (including phenoxy) is 1. The van der Waals surface area contributed by atoms with Crippen LogP contribution in [0.25, 0.3) is 10.9 Å². The van der Waals surface area contributed by atoms with Gasteiger partial charge in [0, 0.05) is 6.04 Å². The number of hydrogen-bond donors (Lipinski definition) is 1. The number of nitrogens with one attached hydrogen (secondary N) is 1. The van der Waals surface area contributed by atoms with Gasteiger partial charge in [-0.15, -0.1) is 0 Å². The third-order valence-corrected chi connectivity index (χ3v) is 4.67. The van der Waals surface area contributed by atoms with E-state index in [-0.39, 0.29) is 29.8 Å². The molecule has 0 saturated heterocycles. The van der Waals surface area contributed by atoms with E-state index in [0.717, 1.165) is 18.2 Å². The molecule has 1 amide bonds. The first-order valence-corrected chi connectivity index (χ1v) is 8.93. The number of para-hydroxylation sites is 1. The summed E-state index contributed by atoms with van der Waals surface area (Å²) in [5.74, 6) is -0.590. The van der Waals surface area contributed by atoms with Crippen molar-refractivity contribution in [1.29, 1.82) is 0 Å². The van der Waals surface area contributed by atoms with Crippen LogP contribution in [0.5, 0.6) is 0 Å². The van der Waals surface area contributed by atoms with Gasteiger partial charge in [0.1, 0.15) is 6.54 Å². The number of amides is 1. The largest absolute Gasteiger partial charge is 0.468 e. The Hall–Kier alpha value is -2.35. The van der Waals surface area contributed by atoms with Crippen LogP contribution in [0.4, 0.5) is 0 Å². The van der Waals surface area contributed by atoms with Crippen molar-refractivity contribution < 1.29 is 14.3 Å². The van der Waals surface area contributed by atoms with Crippen LogP contribution < -0.4 is 10.9 Å². The predicted octanol–water partition coefficient (Wildman–Crippen LogP) is 1.58. The maximum atomic E-state index is 12.7. The van der Waals surface area contributed by atoms with Gasteiger partial charge in [0.05, 0.1) is 23.8 Å². The molecule has 0 aliphatic rings. The molecular weight excluding hydrogens is 342 g/mol. The molecule has 0 spiro atoms. The molecule has 0 bridgehead atoms. The zero-order valence-corrected chi connectivity index (χ0v) is 15.3. The smallest absolute Gasteiger partial charge is 0.325 e. The average molecular weight is 363 g/mol. The Balaban J connectivity index is 2.32. The maximum absolute atomic E-state index is 12.7. The van der Waals surface area contributed by atoms with Gasteiger partial charge in [-0.05, 0) is 25.5 Å². The highest BCUT2D eigenvalue weighted by atomic mass is 32.2. The van der Waals surface area contributed by atoms with Gasteiger partial charge in [0.15, 0.2) is 5.16 Å². The van der Waals surface area contributed by atoms with E-state index in [1.165, 1.54) is 11.7 Å². The highest BCUT2D eigenvalue weighted by Gasteiger charge is 2.16. The molecule has 2 rings (SSSR count). The molecule has 0 unspecified atom stereocenters. The Kier molecular flexibility index (Phi) is 6.58. The summed E-state index contributed by atoms with van der Waals surface area (Å²) in [6.45, 7) is 3.66. The van der Waals surface area contributed by atoms with Gasteiger partial charge < -0.3 is 10.1 Å². The topological polar surface area (TPSA) is 90.3 Å². The Morgan fingerprint density at radius 1 is 1.36 bits per heavy atom. The molecule has 1 aromatic carbocycles. The summed E-state index contributed by atoms with van der Waals surface area (Å²) >= 11 is 1.12. The Bertz CT molecular complexity index is 834. The molecule has 0 aliphatic heterocycles.